The van der Waals surface area contributed by atoms with Gasteiger partial charge in [-0.25, -0.2) is 9.59 Å². The lowest BCUT2D eigenvalue weighted by Crippen LogP contribution is -2.57. The molecule has 0 bridgehead atoms. The van der Waals surface area contributed by atoms with Gasteiger partial charge in [-0.1, -0.05) is 6.92 Å². The van der Waals surface area contributed by atoms with Crippen LogP contribution in [-0.4, -0.2) is 66.2 Å². The summed E-state index contributed by atoms with van der Waals surface area (Å²) in [6.45, 7) is 4.88. The summed E-state index contributed by atoms with van der Waals surface area (Å²) in [5.41, 5.74) is 0. The van der Waals surface area contributed by atoms with Crippen molar-refractivity contribution in [2.75, 3.05) is 33.2 Å². The number of aliphatic carboxylic acids is 1. The fourth-order valence-corrected chi connectivity index (χ4v) is 3.65. The number of urea groups is 1. The quantitative estimate of drug-likeness (QED) is 0.821. The molecule has 0 aromatic rings. The lowest BCUT2D eigenvalue weighted by Gasteiger charge is -2.42. The maximum atomic E-state index is 12.7. The van der Waals surface area contributed by atoms with E-state index in [1.54, 1.807) is 4.90 Å². The van der Waals surface area contributed by atoms with E-state index in [1.807, 2.05) is 18.9 Å². The van der Waals surface area contributed by atoms with Crippen molar-refractivity contribution in [3.63, 3.8) is 0 Å². The van der Waals surface area contributed by atoms with Crippen LogP contribution >= 0.6 is 0 Å². The fraction of sp³-hybridized carbons (Fsp3) is 0.867. The van der Waals surface area contributed by atoms with Crippen LogP contribution in [-0.2, 0) is 4.79 Å². The Morgan fingerprint density at radius 1 is 1.24 bits per heavy atom. The summed E-state index contributed by atoms with van der Waals surface area (Å²) in [4.78, 5) is 27.7. The van der Waals surface area contributed by atoms with Crippen LogP contribution in [0.15, 0.2) is 0 Å². The van der Waals surface area contributed by atoms with E-state index in [9.17, 15) is 14.7 Å². The van der Waals surface area contributed by atoms with Gasteiger partial charge in [0.2, 0.25) is 0 Å². The van der Waals surface area contributed by atoms with Gasteiger partial charge in [-0.05, 0) is 51.1 Å². The number of carboxylic acids is 1. The van der Waals surface area contributed by atoms with Crippen LogP contribution in [0.25, 0.3) is 0 Å². The molecule has 0 aliphatic carbocycles. The molecular formula is C15H27N3O3. The van der Waals surface area contributed by atoms with Crippen LogP contribution < -0.4 is 5.32 Å². The fourth-order valence-electron chi connectivity index (χ4n) is 3.65. The summed E-state index contributed by atoms with van der Waals surface area (Å²) >= 11 is 0. The average molecular weight is 297 g/mol. The summed E-state index contributed by atoms with van der Waals surface area (Å²) in [5.74, 6) is -0.379. The van der Waals surface area contributed by atoms with E-state index in [0.717, 1.165) is 45.3 Å². The Morgan fingerprint density at radius 2 is 1.95 bits per heavy atom. The van der Waals surface area contributed by atoms with Gasteiger partial charge in [-0.3, -0.25) is 0 Å². The highest BCUT2D eigenvalue weighted by molar-refractivity contribution is 5.83. The van der Waals surface area contributed by atoms with Crippen molar-refractivity contribution in [1.82, 2.24) is 15.1 Å². The van der Waals surface area contributed by atoms with Crippen molar-refractivity contribution in [2.24, 2.45) is 11.8 Å². The molecule has 0 aromatic heterocycles. The molecule has 2 heterocycles. The average Bonchev–Trinajstić information content (AvgIpc) is 2.46. The Morgan fingerprint density at radius 3 is 2.62 bits per heavy atom. The normalized spacial score (nSPS) is 30.3. The summed E-state index contributed by atoms with van der Waals surface area (Å²) in [6, 6.07) is -0.759. The Bertz CT molecular complexity index is 386. The van der Waals surface area contributed by atoms with Crippen LogP contribution in [0.4, 0.5) is 4.79 Å². The van der Waals surface area contributed by atoms with Gasteiger partial charge in [0.1, 0.15) is 6.04 Å². The summed E-state index contributed by atoms with van der Waals surface area (Å²) in [5, 5.41) is 12.6. The van der Waals surface area contributed by atoms with E-state index >= 15 is 0 Å². The monoisotopic (exact) mass is 297 g/mol. The third-order valence-corrected chi connectivity index (χ3v) is 4.71. The second kappa shape index (κ2) is 7.11. The molecule has 3 atom stereocenters. The zero-order valence-corrected chi connectivity index (χ0v) is 13.0. The Balaban J connectivity index is 2.04. The number of likely N-dealkylation sites (tertiary alicyclic amines) is 2. The standard InChI is InChI=1S/C15H27N3O3/c1-11-5-3-8-18(13(11)14(19)20)15(21)17-7-4-6-12(10-17)9-16-2/h11-13,16H,3-10H2,1-2H3,(H,19,20). The van der Waals surface area contributed by atoms with Crippen LogP contribution in [0.2, 0.25) is 0 Å². The molecule has 2 N–H and O–H groups in total. The third-order valence-electron chi connectivity index (χ3n) is 4.71. The Labute approximate surface area is 126 Å². The summed E-state index contributed by atoms with van der Waals surface area (Å²) in [6.07, 6.45) is 3.90. The Hall–Kier alpha value is -1.30. The molecule has 0 radical (unpaired) electrons. The minimum atomic E-state index is -0.876. The molecule has 6 nitrogen and oxygen atoms in total. The first-order valence-corrected chi connectivity index (χ1v) is 7.97. The first kappa shape index (κ1) is 16.1. The van der Waals surface area contributed by atoms with Gasteiger partial charge < -0.3 is 20.2 Å². The lowest BCUT2D eigenvalue weighted by molar-refractivity contribution is -0.145. The minimum Gasteiger partial charge on any atom is -0.480 e. The molecule has 0 saturated carbocycles. The number of carbonyl (C=O) groups is 2. The topological polar surface area (TPSA) is 72.9 Å². The largest absolute Gasteiger partial charge is 0.480 e. The molecule has 21 heavy (non-hydrogen) atoms. The predicted octanol–water partition coefficient (Wildman–Crippen LogP) is 1.22. The van der Waals surface area contributed by atoms with Crippen LogP contribution in [0, 0.1) is 11.8 Å². The van der Waals surface area contributed by atoms with Crippen molar-refractivity contribution in [1.29, 1.82) is 0 Å². The number of hydrogen-bond acceptors (Lipinski definition) is 3. The number of amides is 2. The highest BCUT2D eigenvalue weighted by Gasteiger charge is 2.39. The Kier molecular flexibility index (Phi) is 5.45. The van der Waals surface area contributed by atoms with E-state index in [0.29, 0.717) is 12.5 Å². The highest BCUT2D eigenvalue weighted by atomic mass is 16.4. The van der Waals surface area contributed by atoms with Crippen molar-refractivity contribution in [2.45, 2.75) is 38.6 Å². The molecule has 120 valence electrons. The second-order valence-electron chi connectivity index (χ2n) is 6.39. The van der Waals surface area contributed by atoms with Gasteiger partial charge in [0.15, 0.2) is 0 Å². The van der Waals surface area contributed by atoms with E-state index in [2.05, 4.69) is 5.32 Å². The molecule has 2 aliphatic rings. The summed E-state index contributed by atoms with van der Waals surface area (Å²) in [7, 11) is 1.92. The number of carbonyl (C=O) groups excluding carboxylic acids is 1. The third kappa shape index (κ3) is 3.67. The first-order valence-electron chi connectivity index (χ1n) is 7.97. The second-order valence-corrected chi connectivity index (χ2v) is 6.39. The van der Waals surface area contributed by atoms with E-state index in [-0.39, 0.29) is 11.9 Å². The first-order chi connectivity index (χ1) is 10.0. The molecule has 2 amide bonds. The van der Waals surface area contributed by atoms with E-state index in [1.165, 1.54) is 0 Å². The molecule has 2 saturated heterocycles. The number of nitrogens with zero attached hydrogens (tertiary/aromatic N) is 2. The SMILES string of the molecule is CNCC1CCCN(C(=O)N2CCCC(C)C2C(=O)O)C1. The number of nitrogens with one attached hydrogen (secondary N) is 1. The van der Waals surface area contributed by atoms with Crippen molar-refractivity contribution in [3.8, 4) is 0 Å². The molecule has 2 rings (SSSR count). The summed E-state index contributed by atoms with van der Waals surface area (Å²) < 4.78 is 0. The molecule has 6 heteroatoms. The van der Waals surface area contributed by atoms with E-state index in [4.69, 9.17) is 0 Å². The van der Waals surface area contributed by atoms with Crippen molar-refractivity contribution in [3.05, 3.63) is 0 Å². The highest BCUT2D eigenvalue weighted by Crippen LogP contribution is 2.26. The number of hydrogen-bond donors (Lipinski definition) is 2. The molecule has 0 spiro atoms. The van der Waals surface area contributed by atoms with Crippen LogP contribution in [0.3, 0.4) is 0 Å². The number of piperidine rings is 2. The van der Waals surface area contributed by atoms with Gasteiger partial charge >= 0.3 is 12.0 Å². The predicted molar refractivity (Wildman–Crippen MR) is 80.1 cm³/mol. The van der Waals surface area contributed by atoms with Gasteiger partial charge in [0, 0.05) is 19.6 Å². The van der Waals surface area contributed by atoms with Gasteiger partial charge in [0.05, 0.1) is 0 Å². The van der Waals surface area contributed by atoms with Crippen molar-refractivity contribution < 1.29 is 14.7 Å². The maximum absolute atomic E-state index is 12.7. The maximum Gasteiger partial charge on any atom is 0.326 e. The molecule has 2 fully saturated rings. The number of rotatable bonds is 3. The van der Waals surface area contributed by atoms with Gasteiger partial charge in [0.25, 0.3) is 0 Å². The van der Waals surface area contributed by atoms with Gasteiger partial charge in [-0.2, -0.15) is 0 Å². The zero-order chi connectivity index (χ0) is 15.4. The number of carboxylic acid groups (broad SMARTS) is 1. The molecular weight excluding hydrogens is 270 g/mol. The van der Waals surface area contributed by atoms with Crippen LogP contribution in [0.5, 0.6) is 0 Å². The minimum absolute atomic E-state index is 0.0260. The molecule has 2 aliphatic heterocycles. The molecule has 3 unspecified atom stereocenters. The van der Waals surface area contributed by atoms with Crippen LogP contribution in [0.1, 0.15) is 32.6 Å². The van der Waals surface area contributed by atoms with Gasteiger partial charge in [-0.15, -0.1) is 0 Å². The van der Waals surface area contributed by atoms with Crippen molar-refractivity contribution >= 4 is 12.0 Å². The lowest BCUT2D eigenvalue weighted by atomic mass is 9.91. The smallest absolute Gasteiger partial charge is 0.326 e. The van der Waals surface area contributed by atoms with E-state index < -0.39 is 12.0 Å². The molecule has 0 aromatic carbocycles. The zero-order valence-electron chi connectivity index (χ0n) is 13.0.